The fraction of sp³-hybridized carbons (Fsp3) is 0.333. The number of hydrogen-bond donors (Lipinski definition) is 0. The maximum absolute atomic E-state index is 5.63. The maximum atomic E-state index is 5.63. The van der Waals surface area contributed by atoms with Gasteiger partial charge in [0.1, 0.15) is 0 Å². The van der Waals surface area contributed by atoms with Crippen LogP contribution >= 0.6 is 0 Å². The van der Waals surface area contributed by atoms with E-state index < -0.39 is 11.6 Å². The summed E-state index contributed by atoms with van der Waals surface area (Å²) in [5.74, 6) is -2.06. The van der Waals surface area contributed by atoms with E-state index in [1.54, 1.807) is 28.1 Å². The van der Waals surface area contributed by atoms with Crippen LogP contribution < -0.4 is 0 Å². The minimum atomic E-state index is -1.03. The molecule has 2 aromatic rings. The molecular weight excluding hydrogens is 280 g/mol. The number of ether oxygens (including phenoxy) is 2. The SMILES string of the molecule is COC(C)(OOC(C)(OC)c1ccccc1)c1ccccc1. The van der Waals surface area contributed by atoms with Crippen molar-refractivity contribution in [1.82, 2.24) is 0 Å². The third kappa shape index (κ3) is 3.54. The van der Waals surface area contributed by atoms with Crippen LogP contribution in [-0.4, -0.2) is 14.2 Å². The molecule has 0 saturated carbocycles. The summed E-state index contributed by atoms with van der Waals surface area (Å²) < 4.78 is 11.0. The molecule has 0 amide bonds. The summed E-state index contributed by atoms with van der Waals surface area (Å²) >= 11 is 0. The van der Waals surface area contributed by atoms with E-state index in [2.05, 4.69) is 0 Å². The fourth-order valence-electron chi connectivity index (χ4n) is 2.04. The first-order valence-electron chi connectivity index (χ1n) is 7.12. The molecule has 0 fully saturated rings. The van der Waals surface area contributed by atoms with Crippen molar-refractivity contribution >= 4 is 0 Å². The maximum Gasteiger partial charge on any atom is 0.224 e. The smallest absolute Gasteiger partial charge is 0.224 e. The second-order valence-electron chi connectivity index (χ2n) is 5.20. The second-order valence-corrected chi connectivity index (χ2v) is 5.20. The van der Waals surface area contributed by atoms with Gasteiger partial charge in [-0.3, -0.25) is 0 Å². The Balaban J connectivity index is 2.18. The highest BCUT2D eigenvalue weighted by Crippen LogP contribution is 2.32. The molecular formula is C18H22O4. The molecule has 0 radical (unpaired) electrons. The zero-order chi connectivity index (χ0) is 16.1. The molecule has 4 nitrogen and oxygen atoms in total. The van der Waals surface area contributed by atoms with Crippen molar-refractivity contribution in [3.63, 3.8) is 0 Å². The van der Waals surface area contributed by atoms with Crippen LogP contribution in [0.4, 0.5) is 0 Å². The molecule has 0 aliphatic carbocycles. The van der Waals surface area contributed by atoms with Gasteiger partial charge < -0.3 is 9.47 Å². The van der Waals surface area contributed by atoms with Gasteiger partial charge in [-0.1, -0.05) is 60.7 Å². The van der Waals surface area contributed by atoms with Gasteiger partial charge in [-0.25, -0.2) is 0 Å². The van der Waals surface area contributed by atoms with Crippen molar-refractivity contribution in [3.8, 4) is 0 Å². The van der Waals surface area contributed by atoms with Crippen molar-refractivity contribution in [1.29, 1.82) is 0 Å². The zero-order valence-electron chi connectivity index (χ0n) is 13.4. The minimum absolute atomic E-state index is 0.851. The Labute approximate surface area is 131 Å². The summed E-state index contributed by atoms with van der Waals surface area (Å²) in [4.78, 5) is 11.3. The van der Waals surface area contributed by atoms with Gasteiger partial charge in [-0.2, -0.15) is 9.78 Å². The van der Waals surface area contributed by atoms with E-state index >= 15 is 0 Å². The molecule has 0 bridgehead atoms. The summed E-state index contributed by atoms with van der Waals surface area (Å²) in [6.45, 7) is 3.59. The van der Waals surface area contributed by atoms with E-state index in [1.807, 2.05) is 60.7 Å². The van der Waals surface area contributed by atoms with Crippen LogP contribution in [-0.2, 0) is 30.8 Å². The van der Waals surface area contributed by atoms with E-state index in [0.717, 1.165) is 11.1 Å². The van der Waals surface area contributed by atoms with Crippen LogP contribution in [0, 0.1) is 0 Å². The van der Waals surface area contributed by atoms with Gasteiger partial charge in [0.05, 0.1) is 0 Å². The quantitative estimate of drug-likeness (QED) is 0.440. The van der Waals surface area contributed by atoms with Crippen LogP contribution in [0.5, 0.6) is 0 Å². The molecule has 0 N–H and O–H groups in total. The lowest BCUT2D eigenvalue weighted by atomic mass is 10.1. The molecule has 4 heteroatoms. The minimum Gasteiger partial charge on any atom is -0.347 e. The van der Waals surface area contributed by atoms with Crippen LogP contribution in [0.15, 0.2) is 60.7 Å². The number of hydrogen-bond acceptors (Lipinski definition) is 4. The summed E-state index contributed by atoms with van der Waals surface area (Å²) in [5, 5.41) is 0. The molecule has 0 saturated heterocycles. The van der Waals surface area contributed by atoms with Gasteiger partial charge in [0.15, 0.2) is 0 Å². The van der Waals surface area contributed by atoms with Gasteiger partial charge in [0.2, 0.25) is 11.6 Å². The Morgan fingerprint density at radius 2 is 0.909 bits per heavy atom. The fourth-order valence-corrected chi connectivity index (χ4v) is 2.04. The monoisotopic (exact) mass is 302 g/mol. The van der Waals surface area contributed by atoms with Crippen molar-refractivity contribution in [2.45, 2.75) is 25.4 Å². The molecule has 0 heterocycles. The standard InChI is InChI=1S/C18H22O4/c1-17(19-3,15-11-7-5-8-12-15)21-22-18(2,20-4)16-13-9-6-10-14-16/h5-14H,1-4H3. The molecule has 2 unspecified atom stereocenters. The highest BCUT2D eigenvalue weighted by atomic mass is 17.3. The molecule has 0 aliphatic heterocycles. The molecule has 2 aromatic carbocycles. The highest BCUT2D eigenvalue weighted by Gasteiger charge is 2.35. The van der Waals surface area contributed by atoms with E-state index in [0.29, 0.717) is 0 Å². The normalized spacial score (nSPS) is 16.7. The van der Waals surface area contributed by atoms with Crippen LogP contribution in [0.25, 0.3) is 0 Å². The van der Waals surface area contributed by atoms with Crippen molar-refractivity contribution in [2.24, 2.45) is 0 Å². The van der Waals surface area contributed by atoms with Crippen molar-refractivity contribution in [3.05, 3.63) is 71.8 Å². The first-order chi connectivity index (χ1) is 10.5. The molecule has 0 spiro atoms. The first-order valence-corrected chi connectivity index (χ1v) is 7.12. The van der Waals surface area contributed by atoms with E-state index in [-0.39, 0.29) is 0 Å². The van der Waals surface area contributed by atoms with Gasteiger partial charge in [0.25, 0.3) is 0 Å². The lowest BCUT2D eigenvalue weighted by Gasteiger charge is -2.33. The Morgan fingerprint density at radius 1 is 0.591 bits per heavy atom. The third-order valence-electron chi connectivity index (χ3n) is 3.74. The molecule has 0 aromatic heterocycles. The van der Waals surface area contributed by atoms with E-state index in [1.165, 1.54) is 0 Å². The molecule has 22 heavy (non-hydrogen) atoms. The summed E-state index contributed by atoms with van der Waals surface area (Å²) in [7, 11) is 3.14. The Hall–Kier alpha value is -1.72. The van der Waals surface area contributed by atoms with Gasteiger partial charge >= 0.3 is 0 Å². The molecule has 118 valence electrons. The highest BCUT2D eigenvalue weighted by molar-refractivity contribution is 5.20. The number of rotatable bonds is 7. The van der Waals surface area contributed by atoms with Crippen molar-refractivity contribution < 1.29 is 19.2 Å². The predicted molar refractivity (Wildman–Crippen MR) is 83.8 cm³/mol. The largest absolute Gasteiger partial charge is 0.347 e. The Kier molecular flexibility index (Phi) is 5.32. The summed E-state index contributed by atoms with van der Waals surface area (Å²) in [5.41, 5.74) is 1.70. The second kappa shape index (κ2) is 7.03. The molecule has 0 aliphatic rings. The first kappa shape index (κ1) is 16.6. The van der Waals surface area contributed by atoms with E-state index in [9.17, 15) is 0 Å². The summed E-state index contributed by atoms with van der Waals surface area (Å²) in [6.07, 6.45) is 0. The van der Waals surface area contributed by atoms with Gasteiger partial charge in [-0.05, 0) is 13.8 Å². The van der Waals surface area contributed by atoms with Gasteiger partial charge in [0, 0.05) is 25.3 Å². The van der Waals surface area contributed by atoms with E-state index in [4.69, 9.17) is 19.2 Å². The van der Waals surface area contributed by atoms with Crippen LogP contribution in [0.2, 0.25) is 0 Å². The van der Waals surface area contributed by atoms with Gasteiger partial charge in [-0.15, -0.1) is 0 Å². The average Bonchev–Trinajstić information content (AvgIpc) is 2.61. The average molecular weight is 302 g/mol. The van der Waals surface area contributed by atoms with Crippen molar-refractivity contribution in [2.75, 3.05) is 14.2 Å². The Morgan fingerprint density at radius 3 is 1.18 bits per heavy atom. The summed E-state index contributed by atoms with van der Waals surface area (Å²) in [6, 6.07) is 19.2. The molecule has 2 atom stereocenters. The van der Waals surface area contributed by atoms with Crippen LogP contribution in [0.1, 0.15) is 25.0 Å². The number of benzene rings is 2. The topological polar surface area (TPSA) is 36.9 Å². The number of methoxy groups -OCH3 is 2. The van der Waals surface area contributed by atoms with Crippen LogP contribution in [0.3, 0.4) is 0 Å². The third-order valence-corrected chi connectivity index (χ3v) is 3.74. The predicted octanol–water partition coefficient (Wildman–Crippen LogP) is 3.97. The molecule has 2 rings (SSSR count). The lowest BCUT2D eigenvalue weighted by Crippen LogP contribution is -2.35. The zero-order valence-corrected chi connectivity index (χ0v) is 13.4. The Bertz CT molecular complexity index is 519. The lowest BCUT2D eigenvalue weighted by molar-refractivity contribution is -0.504.